The highest BCUT2D eigenvalue weighted by atomic mass is 35.5. The van der Waals surface area contributed by atoms with Crippen LogP contribution in [0.4, 0.5) is 0 Å². The molecule has 0 saturated carbocycles. The zero-order valence-electron chi connectivity index (χ0n) is 13.5. The maximum atomic E-state index is 12.3. The van der Waals surface area contributed by atoms with Crippen molar-refractivity contribution in [2.75, 3.05) is 0 Å². The molecule has 0 spiro atoms. The Bertz CT molecular complexity index is 920. The Labute approximate surface area is 153 Å². The topological polar surface area (TPSA) is 83.0 Å². The van der Waals surface area contributed by atoms with Gasteiger partial charge < -0.3 is 9.26 Å². The number of benzene rings is 1. The summed E-state index contributed by atoms with van der Waals surface area (Å²) >= 11 is 12.5. The number of esters is 1. The lowest BCUT2D eigenvalue weighted by Crippen LogP contribution is -2.07. The zero-order valence-corrected chi connectivity index (χ0v) is 15.0. The molecule has 2 heterocycles. The molecule has 9 heteroatoms. The van der Waals surface area contributed by atoms with Crippen LogP contribution in [-0.4, -0.2) is 25.9 Å². The van der Waals surface area contributed by atoms with Crippen LogP contribution in [0.5, 0.6) is 0 Å². The molecule has 3 aromatic rings. The number of ether oxygens (including phenoxy) is 1. The largest absolute Gasteiger partial charge is 0.452 e. The first kappa shape index (κ1) is 17.4. The third-order valence-electron chi connectivity index (χ3n) is 3.44. The van der Waals surface area contributed by atoms with Gasteiger partial charge in [-0.05, 0) is 25.5 Å². The number of rotatable bonds is 5. The van der Waals surface area contributed by atoms with Gasteiger partial charge in [0.2, 0.25) is 0 Å². The van der Waals surface area contributed by atoms with Crippen LogP contribution in [0.1, 0.15) is 33.3 Å². The van der Waals surface area contributed by atoms with Crippen molar-refractivity contribution >= 4 is 29.2 Å². The lowest BCUT2D eigenvalue weighted by atomic mass is 10.2. The second-order valence-electron chi connectivity index (χ2n) is 5.31. The second kappa shape index (κ2) is 7.25. The Kier molecular flexibility index (Phi) is 5.06. The first-order valence-corrected chi connectivity index (χ1v) is 8.14. The van der Waals surface area contributed by atoms with E-state index >= 15 is 0 Å². The van der Waals surface area contributed by atoms with Crippen LogP contribution < -0.4 is 0 Å². The summed E-state index contributed by atoms with van der Waals surface area (Å²) in [4.78, 5) is 16.3. The summed E-state index contributed by atoms with van der Waals surface area (Å²) in [7, 11) is 0. The minimum absolute atomic E-state index is 0.134. The maximum Gasteiger partial charge on any atom is 0.343 e. The average Bonchev–Trinajstić information content (AvgIpc) is 3.11. The second-order valence-corrected chi connectivity index (χ2v) is 6.08. The highest BCUT2D eigenvalue weighted by molar-refractivity contribution is 6.33. The average molecular weight is 381 g/mol. The van der Waals surface area contributed by atoms with Crippen molar-refractivity contribution < 1.29 is 14.1 Å². The lowest BCUT2D eigenvalue weighted by Gasteiger charge is -2.06. The molecule has 0 fully saturated rings. The molecule has 0 aliphatic rings. The van der Waals surface area contributed by atoms with Crippen LogP contribution in [0.25, 0.3) is 0 Å². The van der Waals surface area contributed by atoms with E-state index in [2.05, 4.69) is 15.2 Å². The highest BCUT2D eigenvalue weighted by Gasteiger charge is 2.22. The van der Waals surface area contributed by atoms with Crippen molar-refractivity contribution in [1.29, 1.82) is 0 Å². The number of carbonyl (C=O) groups is 1. The Balaban J connectivity index is 1.77. The quantitative estimate of drug-likeness (QED) is 0.628. The van der Waals surface area contributed by atoms with E-state index < -0.39 is 5.97 Å². The number of hydrogen-bond acceptors (Lipinski definition) is 6. The number of halogens is 2. The fourth-order valence-corrected chi connectivity index (χ4v) is 2.78. The van der Waals surface area contributed by atoms with E-state index in [9.17, 15) is 4.79 Å². The summed E-state index contributed by atoms with van der Waals surface area (Å²) in [5, 5.41) is 8.71. The van der Waals surface area contributed by atoms with Gasteiger partial charge in [-0.15, -0.1) is 0 Å². The van der Waals surface area contributed by atoms with E-state index in [0.717, 1.165) is 5.56 Å². The van der Waals surface area contributed by atoms with Gasteiger partial charge in [0.05, 0.1) is 12.2 Å². The van der Waals surface area contributed by atoms with Gasteiger partial charge in [-0.2, -0.15) is 10.1 Å². The van der Waals surface area contributed by atoms with E-state index in [-0.39, 0.29) is 23.2 Å². The predicted octanol–water partition coefficient (Wildman–Crippen LogP) is 3.60. The molecule has 0 aliphatic carbocycles. The van der Waals surface area contributed by atoms with Gasteiger partial charge in [0, 0.05) is 5.02 Å². The molecular weight excluding hydrogens is 367 g/mol. The standard InChI is InChI=1S/C16H14Cl2N4O3/c1-9-14(16(23)24-8-13-19-10(2)21-25-13)15(18)22(20-9)7-11-5-3-4-6-12(11)17/h3-6H,7-8H2,1-2H3. The Morgan fingerprint density at radius 3 is 2.72 bits per heavy atom. The molecule has 0 bridgehead atoms. The van der Waals surface area contributed by atoms with E-state index in [1.54, 1.807) is 19.9 Å². The summed E-state index contributed by atoms with van der Waals surface area (Å²) in [6.07, 6.45) is 0. The Morgan fingerprint density at radius 2 is 2.04 bits per heavy atom. The molecule has 2 aromatic heterocycles. The predicted molar refractivity (Wildman–Crippen MR) is 90.7 cm³/mol. The molecule has 130 valence electrons. The SMILES string of the molecule is Cc1noc(COC(=O)c2c(C)nn(Cc3ccccc3Cl)c2Cl)n1. The highest BCUT2D eigenvalue weighted by Crippen LogP contribution is 2.24. The Hall–Kier alpha value is -2.38. The molecular formula is C16H14Cl2N4O3. The number of carbonyl (C=O) groups excluding carboxylic acids is 1. The fourth-order valence-electron chi connectivity index (χ4n) is 2.28. The first-order valence-electron chi connectivity index (χ1n) is 7.38. The molecule has 0 N–H and O–H groups in total. The monoisotopic (exact) mass is 380 g/mol. The lowest BCUT2D eigenvalue weighted by molar-refractivity contribution is 0.0429. The number of nitrogens with zero attached hydrogens (tertiary/aromatic N) is 4. The van der Waals surface area contributed by atoms with Crippen molar-refractivity contribution in [2.45, 2.75) is 27.0 Å². The minimum atomic E-state index is -0.608. The summed E-state index contributed by atoms with van der Waals surface area (Å²) in [6.45, 7) is 3.57. The normalized spacial score (nSPS) is 10.9. The number of aryl methyl sites for hydroxylation is 2. The molecule has 7 nitrogen and oxygen atoms in total. The maximum absolute atomic E-state index is 12.3. The van der Waals surface area contributed by atoms with Crippen molar-refractivity contribution in [3.8, 4) is 0 Å². The molecule has 1 aromatic carbocycles. The van der Waals surface area contributed by atoms with Gasteiger partial charge in [0.25, 0.3) is 5.89 Å². The van der Waals surface area contributed by atoms with Crippen LogP contribution in [-0.2, 0) is 17.9 Å². The van der Waals surface area contributed by atoms with Crippen LogP contribution in [0.2, 0.25) is 10.2 Å². The third-order valence-corrected chi connectivity index (χ3v) is 4.20. The van der Waals surface area contributed by atoms with Gasteiger partial charge in [0.1, 0.15) is 10.7 Å². The molecule has 0 atom stereocenters. The van der Waals surface area contributed by atoms with Crippen LogP contribution >= 0.6 is 23.2 Å². The van der Waals surface area contributed by atoms with E-state index in [0.29, 0.717) is 23.1 Å². The van der Waals surface area contributed by atoms with Crippen molar-refractivity contribution in [2.24, 2.45) is 0 Å². The van der Waals surface area contributed by atoms with Crippen LogP contribution in [0.15, 0.2) is 28.8 Å². The van der Waals surface area contributed by atoms with Crippen LogP contribution in [0.3, 0.4) is 0 Å². The molecule has 0 radical (unpaired) electrons. The van der Waals surface area contributed by atoms with Gasteiger partial charge in [-0.1, -0.05) is 46.6 Å². The first-order chi connectivity index (χ1) is 12.0. The van der Waals surface area contributed by atoms with Crippen molar-refractivity contribution in [1.82, 2.24) is 19.9 Å². The summed E-state index contributed by atoms with van der Waals surface area (Å²) in [6, 6.07) is 7.35. The van der Waals surface area contributed by atoms with Crippen LogP contribution in [0, 0.1) is 13.8 Å². The third kappa shape index (κ3) is 3.83. The van der Waals surface area contributed by atoms with Crippen molar-refractivity contribution in [3.05, 3.63) is 63.0 Å². The molecule has 0 unspecified atom stereocenters. The molecule has 25 heavy (non-hydrogen) atoms. The molecule has 3 rings (SSSR count). The summed E-state index contributed by atoms with van der Waals surface area (Å²) < 4.78 is 11.6. The summed E-state index contributed by atoms with van der Waals surface area (Å²) in [5.74, 6) is 0.0691. The van der Waals surface area contributed by atoms with Gasteiger partial charge in [0.15, 0.2) is 12.4 Å². The summed E-state index contributed by atoms with van der Waals surface area (Å²) in [5.41, 5.74) is 1.50. The molecule has 0 saturated heterocycles. The zero-order chi connectivity index (χ0) is 18.0. The van der Waals surface area contributed by atoms with Crippen molar-refractivity contribution in [3.63, 3.8) is 0 Å². The van der Waals surface area contributed by atoms with E-state index in [1.807, 2.05) is 18.2 Å². The van der Waals surface area contributed by atoms with Gasteiger partial charge in [-0.3, -0.25) is 0 Å². The number of hydrogen-bond donors (Lipinski definition) is 0. The van der Waals surface area contributed by atoms with E-state index in [4.69, 9.17) is 32.5 Å². The number of aromatic nitrogens is 4. The van der Waals surface area contributed by atoms with Gasteiger partial charge in [-0.25, -0.2) is 9.48 Å². The molecule has 0 aliphatic heterocycles. The van der Waals surface area contributed by atoms with E-state index in [1.165, 1.54) is 4.68 Å². The van der Waals surface area contributed by atoms with Gasteiger partial charge >= 0.3 is 5.97 Å². The Morgan fingerprint density at radius 1 is 1.28 bits per heavy atom. The fraction of sp³-hybridized carbons (Fsp3) is 0.250. The smallest absolute Gasteiger partial charge is 0.343 e. The minimum Gasteiger partial charge on any atom is -0.452 e. The molecule has 0 amide bonds.